The molecular formula is C25H20N6O. The lowest BCUT2D eigenvalue weighted by Crippen LogP contribution is -2.34. The maximum absolute atomic E-state index is 12.0. The van der Waals surface area contributed by atoms with Crippen LogP contribution in [0.25, 0.3) is 10.9 Å². The van der Waals surface area contributed by atoms with Crippen molar-refractivity contribution in [3.63, 3.8) is 0 Å². The summed E-state index contributed by atoms with van der Waals surface area (Å²) in [5.74, 6) is 0.0799. The highest BCUT2D eigenvalue weighted by molar-refractivity contribution is 6.11. The van der Waals surface area contributed by atoms with Crippen molar-refractivity contribution in [2.75, 3.05) is 0 Å². The fourth-order valence-corrected chi connectivity index (χ4v) is 4.16. The second-order valence-electron chi connectivity index (χ2n) is 7.57. The highest BCUT2D eigenvalue weighted by Gasteiger charge is 2.43. The summed E-state index contributed by atoms with van der Waals surface area (Å²) in [5.41, 5.74) is 8.25. The molecule has 4 aromatic rings. The lowest BCUT2D eigenvalue weighted by atomic mass is 9.82. The van der Waals surface area contributed by atoms with Crippen molar-refractivity contribution in [3.8, 4) is 0 Å². The maximum atomic E-state index is 12.0. The molecule has 1 unspecified atom stereocenters. The van der Waals surface area contributed by atoms with Crippen LogP contribution in [0, 0.1) is 0 Å². The minimum Gasteiger partial charge on any atom is -0.366 e. The van der Waals surface area contributed by atoms with E-state index in [0.717, 1.165) is 16.7 Å². The van der Waals surface area contributed by atoms with E-state index in [0.29, 0.717) is 35.4 Å². The molecule has 156 valence electrons. The summed E-state index contributed by atoms with van der Waals surface area (Å²) in [7, 11) is 0. The number of primary amides is 1. The van der Waals surface area contributed by atoms with Crippen molar-refractivity contribution >= 4 is 34.6 Å². The van der Waals surface area contributed by atoms with Gasteiger partial charge in [0, 0.05) is 30.6 Å². The molecule has 2 aromatic carbocycles. The predicted molar refractivity (Wildman–Crippen MR) is 124 cm³/mol. The first-order valence-corrected chi connectivity index (χ1v) is 10.3. The topological polar surface area (TPSA) is 106 Å². The molecule has 1 atom stereocenters. The molecule has 0 bridgehead atoms. The van der Waals surface area contributed by atoms with Crippen LogP contribution in [0.15, 0.2) is 89.2 Å². The first kappa shape index (κ1) is 19.7. The molecular weight excluding hydrogens is 400 g/mol. The second kappa shape index (κ2) is 8.11. The molecule has 1 aliphatic rings. The quantitative estimate of drug-likeness (QED) is 0.530. The summed E-state index contributed by atoms with van der Waals surface area (Å²) in [6, 6.07) is 21.1. The van der Waals surface area contributed by atoms with Gasteiger partial charge in [0.05, 0.1) is 22.5 Å². The van der Waals surface area contributed by atoms with Gasteiger partial charge in [0.2, 0.25) is 0 Å². The molecule has 1 aliphatic heterocycles. The van der Waals surface area contributed by atoms with Gasteiger partial charge in [0.15, 0.2) is 5.82 Å². The van der Waals surface area contributed by atoms with Gasteiger partial charge in [-0.2, -0.15) is 0 Å². The third-order valence-electron chi connectivity index (χ3n) is 5.60. The van der Waals surface area contributed by atoms with Crippen molar-refractivity contribution in [1.29, 1.82) is 0 Å². The SMILES string of the molecule is NC(=O)c1cccc2c(C3(Cc4ccccc4)N=CCC3=Nc3ccccn3)ncnc12. The zero-order valence-corrected chi connectivity index (χ0v) is 17.2. The maximum Gasteiger partial charge on any atom is 0.250 e. The largest absolute Gasteiger partial charge is 0.366 e. The van der Waals surface area contributed by atoms with Crippen molar-refractivity contribution in [2.24, 2.45) is 15.7 Å². The van der Waals surface area contributed by atoms with Crippen LogP contribution in [-0.4, -0.2) is 32.8 Å². The van der Waals surface area contributed by atoms with E-state index < -0.39 is 11.4 Å². The average molecular weight is 420 g/mol. The number of pyridine rings is 1. The zero-order valence-electron chi connectivity index (χ0n) is 17.2. The number of carbonyl (C=O) groups is 1. The molecule has 2 N–H and O–H groups in total. The summed E-state index contributed by atoms with van der Waals surface area (Å²) < 4.78 is 0. The minimum absolute atomic E-state index is 0.353. The Morgan fingerprint density at radius 1 is 0.969 bits per heavy atom. The Hall–Kier alpha value is -4.26. The van der Waals surface area contributed by atoms with E-state index in [9.17, 15) is 4.79 Å². The van der Waals surface area contributed by atoms with E-state index in [4.69, 9.17) is 15.7 Å². The van der Waals surface area contributed by atoms with Gasteiger partial charge in [-0.15, -0.1) is 0 Å². The molecule has 7 heteroatoms. The van der Waals surface area contributed by atoms with Crippen LogP contribution >= 0.6 is 0 Å². The lowest BCUT2D eigenvalue weighted by molar-refractivity contribution is 0.100. The third kappa shape index (κ3) is 3.43. The first-order valence-electron chi connectivity index (χ1n) is 10.3. The van der Waals surface area contributed by atoms with Crippen LogP contribution < -0.4 is 5.73 Å². The Balaban J connectivity index is 1.77. The molecule has 0 aliphatic carbocycles. The van der Waals surface area contributed by atoms with Gasteiger partial charge >= 0.3 is 0 Å². The van der Waals surface area contributed by atoms with Crippen LogP contribution in [0.2, 0.25) is 0 Å². The van der Waals surface area contributed by atoms with Crippen LogP contribution in [-0.2, 0) is 12.0 Å². The van der Waals surface area contributed by atoms with E-state index in [-0.39, 0.29) is 0 Å². The highest BCUT2D eigenvalue weighted by Crippen LogP contribution is 2.39. The Morgan fingerprint density at radius 3 is 2.59 bits per heavy atom. The number of rotatable bonds is 5. The normalized spacial score (nSPS) is 18.9. The van der Waals surface area contributed by atoms with E-state index >= 15 is 0 Å². The average Bonchev–Trinajstić information content (AvgIpc) is 3.22. The molecule has 0 radical (unpaired) electrons. The Morgan fingerprint density at radius 2 is 1.81 bits per heavy atom. The van der Waals surface area contributed by atoms with Gasteiger partial charge in [-0.05, 0) is 23.8 Å². The van der Waals surface area contributed by atoms with Crippen molar-refractivity contribution < 1.29 is 4.79 Å². The van der Waals surface area contributed by atoms with Crippen LogP contribution in [0.1, 0.15) is 28.0 Å². The van der Waals surface area contributed by atoms with Gasteiger partial charge in [-0.3, -0.25) is 9.79 Å². The van der Waals surface area contributed by atoms with Gasteiger partial charge in [-0.25, -0.2) is 19.9 Å². The summed E-state index contributed by atoms with van der Waals surface area (Å²) in [5, 5.41) is 0.729. The number of nitrogens with two attached hydrogens (primary N) is 1. The molecule has 1 amide bonds. The summed E-state index contributed by atoms with van der Waals surface area (Å²) in [4.78, 5) is 35.3. The fourth-order valence-electron chi connectivity index (χ4n) is 4.16. The molecule has 5 rings (SSSR count). The smallest absolute Gasteiger partial charge is 0.250 e. The number of para-hydroxylation sites is 1. The number of benzene rings is 2. The molecule has 32 heavy (non-hydrogen) atoms. The molecule has 0 spiro atoms. The Bertz CT molecular complexity index is 1350. The van der Waals surface area contributed by atoms with Gasteiger partial charge in [-0.1, -0.05) is 48.5 Å². The monoisotopic (exact) mass is 420 g/mol. The molecule has 7 nitrogen and oxygen atoms in total. The van der Waals surface area contributed by atoms with E-state index in [2.05, 4.69) is 27.1 Å². The van der Waals surface area contributed by atoms with Crippen molar-refractivity contribution in [2.45, 2.75) is 18.4 Å². The molecule has 0 saturated heterocycles. The number of hydrogen-bond acceptors (Lipinski definition) is 6. The molecule has 0 fully saturated rings. The minimum atomic E-state index is -0.851. The fraction of sp³-hybridized carbons (Fsp3) is 0.120. The van der Waals surface area contributed by atoms with Crippen LogP contribution in [0.5, 0.6) is 0 Å². The third-order valence-corrected chi connectivity index (χ3v) is 5.60. The number of hydrogen-bond donors (Lipinski definition) is 1. The number of aromatic nitrogens is 3. The zero-order chi connectivity index (χ0) is 22.0. The number of carbonyl (C=O) groups excluding carboxylic acids is 1. The molecule has 2 aromatic heterocycles. The highest BCUT2D eigenvalue weighted by atomic mass is 16.1. The van der Waals surface area contributed by atoms with Gasteiger partial charge < -0.3 is 5.73 Å². The van der Waals surface area contributed by atoms with E-state index in [1.807, 2.05) is 48.7 Å². The Labute approximate surface area is 184 Å². The summed E-state index contributed by atoms with van der Waals surface area (Å²) >= 11 is 0. The van der Waals surface area contributed by atoms with E-state index in [1.54, 1.807) is 18.3 Å². The van der Waals surface area contributed by atoms with E-state index in [1.165, 1.54) is 6.33 Å². The summed E-state index contributed by atoms with van der Waals surface area (Å²) in [6.45, 7) is 0. The van der Waals surface area contributed by atoms with Crippen LogP contribution in [0.4, 0.5) is 5.82 Å². The van der Waals surface area contributed by atoms with Gasteiger partial charge in [0.1, 0.15) is 11.9 Å². The van der Waals surface area contributed by atoms with Crippen LogP contribution in [0.3, 0.4) is 0 Å². The summed E-state index contributed by atoms with van der Waals surface area (Å²) in [6.07, 6.45) is 6.18. The second-order valence-corrected chi connectivity index (χ2v) is 7.57. The number of fused-ring (bicyclic) bond motifs is 1. The van der Waals surface area contributed by atoms with Crippen molar-refractivity contribution in [1.82, 2.24) is 15.0 Å². The number of nitrogens with zero attached hydrogens (tertiary/aromatic N) is 5. The Kier molecular flexibility index (Phi) is 4.99. The van der Waals surface area contributed by atoms with Gasteiger partial charge in [0.25, 0.3) is 5.91 Å². The first-order chi connectivity index (χ1) is 15.7. The number of amides is 1. The molecule has 3 heterocycles. The predicted octanol–water partition coefficient (Wildman–Crippen LogP) is 3.81. The van der Waals surface area contributed by atoms with Crippen molar-refractivity contribution in [3.05, 3.63) is 96.1 Å². The standard InChI is InChI=1S/C25H20N6O/c26-24(32)19-10-6-9-18-22(19)28-16-29-23(18)25(15-17-7-2-1-3-8-17)20(12-14-30-25)31-21-11-4-5-13-27-21/h1-11,13-14,16H,12,15H2,(H2,26,32). The number of aliphatic imine (C=N–C) groups is 2. The molecule has 0 saturated carbocycles. The lowest BCUT2D eigenvalue weighted by Gasteiger charge is -2.28.